The molecule has 0 aliphatic rings. The number of nitrogens with zero attached hydrogens (tertiary/aromatic N) is 1. The molecule has 1 rings (SSSR count). The lowest BCUT2D eigenvalue weighted by molar-refractivity contribution is -0.137. The van der Waals surface area contributed by atoms with Gasteiger partial charge in [0.15, 0.2) is 0 Å². The Morgan fingerprint density at radius 2 is 2.05 bits per heavy atom. The van der Waals surface area contributed by atoms with Gasteiger partial charge >= 0.3 is 5.97 Å². The quantitative estimate of drug-likeness (QED) is 0.872. The summed E-state index contributed by atoms with van der Waals surface area (Å²) >= 11 is 0. The summed E-state index contributed by atoms with van der Waals surface area (Å²) in [6, 6.07) is 4.36. The maximum atomic E-state index is 13.4. The Kier molecular flexibility index (Phi) is 5.51. The molecule has 0 saturated carbocycles. The fourth-order valence-corrected chi connectivity index (χ4v) is 1.96. The standard InChI is InChI=1S/C15H22FNO3/c1-15(2,3)17(8-7-14(18)19)10-11-9-12(16)5-6-13(11)20-4/h5-6,9H,7-8,10H2,1-4H3,(H,18,19). The Balaban J connectivity index is 2.94. The van der Waals surface area contributed by atoms with Crippen LogP contribution in [-0.2, 0) is 11.3 Å². The summed E-state index contributed by atoms with van der Waals surface area (Å²) < 4.78 is 18.6. The molecule has 0 aromatic heterocycles. The maximum absolute atomic E-state index is 13.4. The van der Waals surface area contributed by atoms with Crippen LogP contribution in [0.1, 0.15) is 32.8 Å². The molecule has 0 fully saturated rings. The van der Waals surface area contributed by atoms with Crippen LogP contribution in [0.4, 0.5) is 4.39 Å². The average Bonchev–Trinajstić information content (AvgIpc) is 2.33. The van der Waals surface area contributed by atoms with Gasteiger partial charge in [-0.2, -0.15) is 0 Å². The van der Waals surface area contributed by atoms with E-state index in [0.29, 0.717) is 24.4 Å². The predicted molar refractivity (Wildman–Crippen MR) is 75.4 cm³/mol. The summed E-state index contributed by atoms with van der Waals surface area (Å²) in [6.45, 7) is 6.85. The summed E-state index contributed by atoms with van der Waals surface area (Å²) in [4.78, 5) is 12.7. The normalized spacial score (nSPS) is 11.7. The Morgan fingerprint density at radius 1 is 1.40 bits per heavy atom. The zero-order valence-electron chi connectivity index (χ0n) is 12.4. The smallest absolute Gasteiger partial charge is 0.304 e. The molecule has 112 valence electrons. The van der Waals surface area contributed by atoms with E-state index in [1.165, 1.54) is 19.2 Å². The molecule has 0 bridgehead atoms. The number of hydrogen-bond donors (Lipinski definition) is 1. The summed E-state index contributed by atoms with van der Waals surface area (Å²) in [5, 5.41) is 8.83. The number of ether oxygens (including phenoxy) is 1. The molecule has 0 amide bonds. The van der Waals surface area contributed by atoms with E-state index in [2.05, 4.69) is 0 Å². The molecular formula is C15H22FNO3. The van der Waals surface area contributed by atoms with E-state index in [4.69, 9.17) is 9.84 Å². The third-order valence-electron chi connectivity index (χ3n) is 3.15. The number of benzene rings is 1. The van der Waals surface area contributed by atoms with Gasteiger partial charge in [0.1, 0.15) is 11.6 Å². The highest BCUT2D eigenvalue weighted by Crippen LogP contribution is 2.24. The number of aliphatic carboxylic acids is 1. The van der Waals surface area contributed by atoms with Crippen molar-refractivity contribution in [3.05, 3.63) is 29.6 Å². The minimum absolute atomic E-state index is 0.0505. The molecule has 0 heterocycles. The largest absolute Gasteiger partial charge is 0.496 e. The van der Waals surface area contributed by atoms with Gasteiger partial charge in [-0.3, -0.25) is 9.69 Å². The van der Waals surface area contributed by atoms with Crippen LogP contribution < -0.4 is 4.74 Å². The van der Waals surface area contributed by atoms with E-state index in [1.54, 1.807) is 6.07 Å². The van der Waals surface area contributed by atoms with Crippen LogP contribution in [0.3, 0.4) is 0 Å². The van der Waals surface area contributed by atoms with Gasteiger partial charge in [-0.25, -0.2) is 4.39 Å². The minimum atomic E-state index is -0.842. The van der Waals surface area contributed by atoms with Crippen molar-refractivity contribution in [2.75, 3.05) is 13.7 Å². The van der Waals surface area contributed by atoms with Gasteiger partial charge in [-0.15, -0.1) is 0 Å². The first-order valence-corrected chi connectivity index (χ1v) is 6.53. The summed E-state index contributed by atoms with van der Waals surface area (Å²) in [5.74, 6) is -0.561. The second-order valence-electron chi connectivity index (χ2n) is 5.69. The molecule has 0 saturated heterocycles. The number of carboxylic acid groups (broad SMARTS) is 1. The highest BCUT2D eigenvalue weighted by molar-refractivity contribution is 5.66. The zero-order valence-corrected chi connectivity index (χ0v) is 12.4. The molecule has 1 aromatic carbocycles. The Bertz CT molecular complexity index is 469. The first kappa shape index (κ1) is 16.4. The van der Waals surface area contributed by atoms with Crippen molar-refractivity contribution in [3.8, 4) is 5.75 Å². The van der Waals surface area contributed by atoms with Gasteiger partial charge in [0.2, 0.25) is 0 Å². The van der Waals surface area contributed by atoms with Crippen LogP contribution in [0.2, 0.25) is 0 Å². The van der Waals surface area contributed by atoms with Crippen LogP contribution in [0.5, 0.6) is 5.75 Å². The van der Waals surface area contributed by atoms with E-state index >= 15 is 0 Å². The third-order valence-corrected chi connectivity index (χ3v) is 3.15. The molecule has 0 aliphatic carbocycles. The van der Waals surface area contributed by atoms with Crippen LogP contribution in [0, 0.1) is 5.82 Å². The Hall–Kier alpha value is -1.62. The van der Waals surface area contributed by atoms with E-state index in [9.17, 15) is 9.18 Å². The minimum Gasteiger partial charge on any atom is -0.496 e. The van der Waals surface area contributed by atoms with Crippen LogP contribution in [0.25, 0.3) is 0 Å². The number of carbonyl (C=O) groups is 1. The van der Waals surface area contributed by atoms with E-state index in [-0.39, 0.29) is 17.8 Å². The number of halogens is 1. The third kappa shape index (κ3) is 4.81. The lowest BCUT2D eigenvalue weighted by Gasteiger charge is -2.35. The van der Waals surface area contributed by atoms with Gasteiger partial charge in [-0.05, 0) is 39.0 Å². The van der Waals surface area contributed by atoms with Crippen molar-refractivity contribution in [1.82, 2.24) is 4.90 Å². The SMILES string of the molecule is COc1ccc(F)cc1CN(CCC(=O)O)C(C)(C)C. The Morgan fingerprint density at radius 3 is 2.55 bits per heavy atom. The van der Waals surface area contributed by atoms with Crippen molar-refractivity contribution in [2.45, 2.75) is 39.3 Å². The van der Waals surface area contributed by atoms with Gasteiger partial charge in [0.05, 0.1) is 13.5 Å². The molecule has 0 aliphatic heterocycles. The van der Waals surface area contributed by atoms with Crippen LogP contribution in [0.15, 0.2) is 18.2 Å². The Labute approximate surface area is 119 Å². The van der Waals surface area contributed by atoms with Gasteiger partial charge < -0.3 is 9.84 Å². The highest BCUT2D eigenvalue weighted by Gasteiger charge is 2.23. The van der Waals surface area contributed by atoms with E-state index in [0.717, 1.165) is 0 Å². The second-order valence-corrected chi connectivity index (χ2v) is 5.69. The van der Waals surface area contributed by atoms with Crippen molar-refractivity contribution in [1.29, 1.82) is 0 Å². The predicted octanol–water partition coefficient (Wildman–Crippen LogP) is 2.91. The average molecular weight is 283 g/mol. The van der Waals surface area contributed by atoms with E-state index in [1.807, 2.05) is 25.7 Å². The van der Waals surface area contributed by atoms with Gasteiger partial charge in [0, 0.05) is 24.2 Å². The van der Waals surface area contributed by atoms with Crippen LogP contribution in [-0.4, -0.2) is 35.2 Å². The topological polar surface area (TPSA) is 49.8 Å². The van der Waals surface area contributed by atoms with Gasteiger partial charge in [0.25, 0.3) is 0 Å². The molecule has 1 N–H and O–H groups in total. The molecule has 5 heteroatoms. The first-order valence-electron chi connectivity index (χ1n) is 6.53. The van der Waals surface area contributed by atoms with Crippen molar-refractivity contribution < 1.29 is 19.0 Å². The molecule has 0 spiro atoms. The summed E-state index contributed by atoms with van der Waals surface area (Å²) in [6.07, 6.45) is 0.0505. The highest BCUT2D eigenvalue weighted by atomic mass is 19.1. The lowest BCUT2D eigenvalue weighted by atomic mass is 10.0. The molecular weight excluding hydrogens is 261 g/mol. The summed E-state index contributed by atoms with van der Waals surface area (Å²) in [5.41, 5.74) is 0.500. The number of rotatable bonds is 6. The lowest BCUT2D eigenvalue weighted by Crippen LogP contribution is -2.42. The van der Waals surface area contributed by atoms with Crippen molar-refractivity contribution in [2.24, 2.45) is 0 Å². The molecule has 4 nitrogen and oxygen atoms in total. The van der Waals surface area contributed by atoms with Crippen LogP contribution >= 0.6 is 0 Å². The number of hydrogen-bond acceptors (Lipinski definition) is 3. The summed E-state index contributed by atoms with van der Waals surface area (Å²) in [7, 11) is 1.54. The monoisotopic (exact) mass is 283 g/mol. The first-order chi connectivity index (χ1) is 9.24. The fraction of sp³-hybridized carbons (Fsp3) is 0.533. The molecule has 0 radical (unpaired) electrons. The zero-order chi connectivity index (χ0) is 15.3. The fourth-order valence-electron chi connectivity index (χ4n) is 1.96. The van der Waals surface area contributed by atoms with Gasteiger partial charge in [-0.1, -0.05) is 0 Å². The molecule has 20 heavy (non-hydrogen) atoms. The second kappa shape index (κ2) is 6.70. The van der Waals surface area contributed by atoms with E-state index < -0.39 is 5.97 Å². The van der Waals surface area contributed by atoms with Crippen molar-refractivity contribution in [3.63, 3.8) is 0 Å². The maximum Gasteiger partial charge on any atom is 0.304 e. The molecule has 0 unspecified atom stereocenters. The van der Waals surface area contributed by atoms with Crippen molar-refractivity contribution >= 4 is 5.97 Å². The molecule has 1 aromatic rings. The number of carboxylic acids is 1. The number of methoxy groups -OCH3 is 1. The molecule has 0 atom stereocenters.